The van der Waals surface area contributed by atoms with Crippen molar-refractivity contribution in [2.24, 2.45) is 5.73 Å². The van der Waals surface area contributed by atoms with Crippen molar-refractivity contribution in [1.29, 1.82) is 0 Å². The molecule has 34 heavy (non-hydrogen) atoms. The van der Waals surface area contributed by atoms with Gasteiger partial charge < -0.3 is 16.0 Å². The van der Waals surface area contributed by atoms with Gasteiger partial charge in [0.1, 0.15) is 10.7 Å². The number of nitrogens with one attached hydrogen (secondary N) is 3. The molecule has 3 aromatic heterocycles. The highest BCUT2D eigenvalue weighted by molar-refractivity contribution is 7.11. The first-order valence-electron chi connectivity index (χ1n) is 11.1. The van der Waals surface area contributed by atoms with Gasteiger partial charge in [0.25, 0.3) is 5.91 Å². The van der Waals surface area contributed by atoms with E-state index >= 15 is 0 Å². The van der Waals surface area contributed by atoms with E-state index in [1.54, 1.807) is 18.8 Å². The molecular weight excluding hydrogens is 450 g/mol. The number of benzene rings is 1. The van der Waals surface area contributed by atoms with E-state index in [2.05, 4.69) is 54.7 Å². The highest BCUT2D eigenvalue weighted by Gasteiger charge is 2.05. The Balaban J connectivity index is 0.000000343. The molecule has 0 radical (unpaired) electrons. The first-order valence-corrected chi connectivity index (χ1v) is 12.0. The molecule has 0 aliphatic heterocycles. The molecule has 178 valence electrons. The zero-order valence-electron chi connectivity index (χ0n) is 19.1. The molecule has 0 saturated carbocycles. The fourth-order valence-electron chi connectivity index (χ4n) is 3.28. The van der Waals surface area contributed by atoms with E-state index in [4.69, 9.17) is 5.73 Å². The van der Waals surface area contributed by atoms with Crippen molar-refractivity contribution in [3.05, 3.63) is 65.1 Å². The SMILES string of the molecule is CNC(=O)CCCCCCc1ncc(-c2ccc(-c3ccn[nH]3)cc2)[nH]1.NC(=O)c1cncs1. The lowest BCUT2D eigenvalue weighted by Crippen LogP contribution is -2.16. The van der Waals surface area contributed by atoms with E-state index < -0.39 is 5.91 Å². The molecule has 5 N–H and O–H groups in total. The van der Waals surface area contributed by atoms with Crippen LogP contribution in [-0.2, 0) is 11.2 Å². The van der Waals surface area contributed by atoms with Crippen molar-refractivity contribution >= 4 is 23.2 Å². The van der Waals surface area contributed by atoms with Crippen LogP contribution in [0.2, 0.25) is 0 Å². The molecular formula is C24H29N7O2S. The summed E-state index contributed by atoms with van der Waals surface area (Å²) in [6.45, 7) is 0. The summed E-state index contributed by atoms with van der Waals surface area (Å²) in [5, 5.41) is 9.61. The number of unbranched alkanes of at least 4 members (excludes halogenated alkanes) is 3. The van der Waals surface area contributed by atoms with Crippen LogP contribution in [0.15, 0.2) is 54.4 Å². The minimum absolute atomic E-state index is 0.124. The molecule has 0 aliphatic carbocycles. The van der Waals surface area contributed by atoms with Gasteiger partial charge in [-0.25, -0.2) is 4.98 Å². The van der Waals surface area contributed by atoms with Crippen LogP contribution in [0.25, 0.3) is 22.5 Å². The molecule has 2 amide bonds. The van der Waals surface area contributed by atoms with Crippen LogP contribution >= 0.6 is 11.3 Å². The second-order valence-corrected chi connectivity index (χ2v) is 8.49. The second-order valence-electron chi connectivity index (χ2n) is 7.61. The monoisotopic (exact) mass is 479 g/mol. The number of aryl methyl sites for hydroxylation is 1. The number of nitrogens with zero attached hydrogens (tertiary/aromatic N) is 3. The molecule has 0 atom stereocenters. The molecule has 1 aromatic carbocycles. The summed E-state index contributed by atoms with van der Waals surface area (Å²) in [4.78, 5) is 33.5. The zero-order chi connectivity index (χ0) is 24.2. The Morgan fingerprint density at radius 2 is 1.74 bits per heavy atom. The fraction of sp³-hybridized carbons (Fsp3) is 0.292. The molecule has 0 unspecified atom stereocenters. The predicted octanol–water partition coefficient (Wildman–Crippen LogP) is 3.95. The summed E-state index contributed by atoms with van der Waals surface area (Å²) in [7, 11) is 1.68. The number of carbonyl (C=O) groups is 2. The molecule has 9 nitrogen and oxygen atoms in total. The van der Waals surface area contributed by atoms with Gasteiger partial charge in [0, 0.05) is 26.1 Å². The maximum atomic E-state index is 11.2. The highest BCUT2D eigenvalue weighted by Crippen LogP contribution is 2.22. The summed E-state index contributed by atoms with van der Waals surface area (Å²) < 4.78 is 0. The van der Waals surface area contributed by atoms with Gasteiger partial charge in [-0.3, -0.25) is 19.7 Å². The summed E-state index contributed by atoms with van der Waals surface area (Å²) in [5.74, 6) is 0.732. The Morgan fingerprint density at radius 1 is 1.00 bits per heavy atom. The van der Waals surface area contributed by atoms with Gasteiger partial charge in [-0.05, 0) is 30.0 Å². The number of hydrogen-bond acceptors (Lipinski definition) is 6. The minimum atomic E-state index is -0.410. The van der Waals surface area contributed by atoms with Crippen molar-refractivity contribution in [1.82, 2.24) is 30.5 Å². The van der Waals surface area contributed by atoms with E-state index in [1.807, 2.05) is 12.3 Å². The zero-order valence-corrected chi connectivity index (χ0v) is 19.9. The number of nitrogens with two attached hydrogens (primary N) is 1. The summed E-state index contributed by atoms with van der Waals surface area (Å²) in [5.41, 5.74) is 10.7. The Morgan fingerprint density at radius 3 is 2.32 bits per heavy atom. The number of aromatic amines is 2. The maximum Gasteiger partial charge on any atom is 0.260 e. The summed E-state index contributed by atoms with van der Waals surface area (Å²) >= 11 is 1.25. The number of H-pyrrole nitrogens is 2. The number of aromatic nitrogens is 5. The van der Waals surface area contributed by atoms with Crippen molar-refractivity contribution < 1.29 is 9.59 Å². The van der Waals surface area contributed by atoms with Crippen molar-refractivity contribution in [3.63, 3.8) is 0 Å². The first-order chi connectivity index (χ1) is 16.6. The lowest BCUT2D eigenvalue weighted by Gasteiger charge is -2.02. The number of imidazole rings is 1. The lowest BCUT2D eigenvalue weighted by atomic mass is 10.1. The topological polar surface area (TPSA) is 142 Å². The molecule has 3 heterocycles. The lowest BCUT2D eigenvalue weighted by molar-refractivity contribution is -0.120. The fourth-order valence-corrected chi connectivity index (χ4v) is 3.75. The minimum Gasteiger partial charge on any atom is -0.365 e. The second kappa shape index (κ2) is 13.0. The van der Waals surface area contributed by atoms with Crippen LogP contribution in [0.4, 0.5) is 0 Å². The maximum absolute atomic E-state index is 11.2. The number of primary amides is 1. The van der Waals surface area contributed by atoms with Gasteiger partial charge in [0.2, 0.25) is 5.91 Å². The van der Waals surface area contributed by atoms with Crippen LogP contribution in [0, 0.1) is 0 Å². The molecule has 4 rings (SSSR count). The molecule has 0 bridgehead atoms. The summed E-state index contributed by atoms with van der Waals surface area (Å²) in [6, 6.07) is 10.3. The van der Waals surface area contributed by atoms with E-state index in [-0.39, 0.29) is 5.91 Å². The van der Waals surface area contributed by atoms with Gasteiger partial charge in [-0.1, -0.05) is 37.1 Å². The number of hydrogen-bond donors (Lipinski definition) is 4. The molecule has 4 aromatic rings. The third-order valence-electron chi connectivity index (χ3n) is 5.16. The van der Waals surface area contributed by atoms with Crippen LogP contribution in [-0.4, -0.2) is 44.0 Å². The van der Waals surface area contributed by atoms with Crippen molar-refractivity contribution in [2.45, 2.75) is 38.5 Å². The van der Waals surface area contributed by atoms with Gasteiger partial charge >= 0.3 is 0 Å². The molecule has 0 fully saturated rings. The quantitative estimate of drug-likeness (QED) is 0.255. The molecule has 0 saturated heterocycles. The predicted molar refractivity (Wildman–Crippen MR) is 133 cm³/mol. The first kappa shape index (κ1) is 24.8. The molecule has 0 spiro atoms. The van der Waals surface area contributed by atoms with E-state index in [9.17, 15) is 9.59 Å². The highest BCUT2D eigenvalue weighted by atomic mass is 32.1. The Kier molecular flexibility index (Phi) is 9.53. The van der Waals surface area contributed by atoms with Gasteiger partial charge in [-0.15, -0.1) is 11.3 Å². The number of rotatable bonds is 10. The number of thiazole rings is 1. The van der Waals surface area contributed by atoms with Crippen molar-refractivity contribution in [2.75, 3.05) is 7.05 Å². The van der Waals surface area contributed by atoms with E-state index in [1.165, 1.54) is 17.5 Å². The normalized spacial score (nSPS) is 10.4. The van der Waals surface area contributed by atoms with Gasteiger partial charge in [0.15, 0.2) is 0 Å². The summed E-state index contributed by atoms with van der Waals surface area (Å²) in [6.07, 6.45) is 10.9. The van der Waals surface area contributed by atoms with E-state index in [0.717, 1.165) is 60.4 Å². The average molecular weight is 480 g/mol. The average Bonchev–Trinajstić information content (AvgIpc) is 3.64. The van der Waals surface area contributed by atoms with Crippen LogP contribution < -0.4 is 11.1 Å². The van der Waals surface area contributed by atoms with Gasteiger partial charge in [-0.2, -0.15) is 5.10 Å². The van der Waals surface area contributed by atoms with Crippen molar-refractivity contribution in [3.8, 4) is 22.5 Å². The molecule has 10 heteroatoms. The Bertz CT molecular complexity index is 1140. The smallest absolute Gasteiger partial charge is 0.260 e. The molecule has 0 aliphatic rings. The number of carbonyl (C=O) groups excluding carboxylic acids is 2. The van der Waals surface area contributed by atoms with Crippen LogP contribution in [0.1, 0.15) is 47.6 Å². The van der Waals surface area contributed by atoms with E-state index in [0.29, 0.717) is 11.3 Å². The van der Waals surface area contributed by atoms with Gasteiger partial charge in [0.05, 0.1) is 29.3 Å². The number of amides is 2. The standard InChI is InChI=1S/C20H25N5O.C4H4N2OS/c1-21-20(26)7-5-3-2-4-6-19-22-14-18(24-19)16-10-8-15(9-11-16)17-12-13-23-25-17;5-4(7)3-1-6-2-8-3/h8-14H,2-7H2,1H3,(H,21,26)(H,22,24)(H,23,25);1-2H,(H2,5,7). The third-order valence-corrected chi connectivity index (χ3v) is 5.95. The Hall–Kier alpha value is -3.79. The van der Waals surface area contributed by atoms with Crippen LogP contribution in [0.5, 0.6) is 0 Å². The third kappa shape index (κ3) is 7.66. The van der Waals surface area contributed by atoms with Crippen LogP contribution in [0.3, 0.4) is 0 Å². The Labute approximate surface area is 202 Å². The largest absolute Gasteiger partial charge is 0.365 e.